The molecule has 0 bridgehead atoms. The van der Waals surface area contributed by atoms with E-state index in [1.54, 1.807) is 17.0 Å². The third-order valence-corrected chi connectivity index (χ3v) is 2.97. The molecule has 106 valence electrons. The minimum absolute atomic E-state index is 0.126. The molecule has 0 aliphatic heterocycles. The number of rotatable bonds is 5. The van der Waals surface area contributed by atoms with E-state index in [-0.39, 0.29) is 11.4 Å². The highest BCUT2D eigenvalue weighted by molar-refractivity contribution is 5.31. The van der Waals surface area contributed by atoms with Crippen molar-refractivity contribution in [1.82, 2.24) is 9.55 Å². The lowest BCUT2D eigenvalue weighted by Crippen LogP contribution is -2.23. The highest BCUT2D eigenvalue weighted by atomic mass is 16.5. The summed E-state index contributed by atoms with van der Waals surface area (Å²) in [5.41, 5.74) is 0.976. The zero-order valence-corrected chi connectivity index (χ0v) is 12.2. The summed E-state index contributed by atoms with van der Waals surface area (Å²) < 4.78 is 7.27. The molecule has 4 nitrogen and oxygen atoms in total. The zero-order valence-electron chi connectivity index (χ0n) is 12.2. The highest BCUT2D eigenvalue weighted by Crippen LogP contribution is 2.18. The number of hydrogen-bond donors (Lipinski definition) is 0. The molecule has 1 aromatic carbocycles. The Morgan fingerprint density at radius 1 is 1.35 bits per heavy atom. The minimum Gasteiger partial charge on any atom is -0.435 e. The molecule has 1 aromatic heterocycles. The van der Waals surface area contributed by atoms with E-state index < -0.39 is 0 Å². The van der Waals surface area contributed by atoms with Gasteiger partial charge in [0.05, 0.1) is 0 Å². The predicted octanol–water partition coefficient (Wildman–Crippen LogP) is 3.25. The molecule has 0 saturated carbocycles. The van der Waals surface area contributed by atoms with Gasteiger partial charge in [-0.25, -0.2) is 4.98 Å². The second-order valence-electron chi connectivity index (χ2n) is 5.19. The van der Waals surface area contributed by atoms with E-state index in [2.05, 4.69) is 25.8 Å². The van der Waals surface area contributed by atoms with Crippen LogP contribution in [0.3, 0.4) is 0 Å². The van der Waals surface area contributed by atoms with Gasteiger partial charge in [0.2, 0.25) is 0 Å². The van der Waals surface area contributed by atoms with Crippen LogP contribution in [0.25, 0.3) is 0 Å². The van der Waals surface area contributed by atoms with Gasteiger partial charge < -0.3 is 9.30 Å². The molecule has 0 amide bonds. The zero-order chi connectivity index (χ0) is 14.5. The van der Waals surface area contributed by atoms with Crippen LogP contribution in [0.1, 0.15) is 26.3 Å². The second-order valence-corrected chi connectivity index (χ2v) is 5.19. The molecule has 0 saturated heterocycles. The van der Waals surface area contributed by atoms with Crippen LogP contribution < -0.4 is 10.3 Å². The van der Waals surface area contributed by atoms with Gasteiger partial charge >= 0.3 is 5.56 Å². The maximum Gasteiger partial charge on any atom is 0.313 e. The number of ether oxygens (including phenoxy) is 1. The van der Waals surface area contributed by atoms with Gasteiger partial charge in [-0.05, 0) is 30.0 Å². The predicted molar refractivity (Wildman–Crippen MR) is 79.2 cm³/mol. The van der Waals surface area contributed by atoms with E-state index in [0.717, 1.165) is 6.42 Å². The van der Waals surface area contributed by atoms with Gasteiger partial charge in [0.25, 0.3) is 5.88 Å². The quantitative estimate of drug-likeness (QED) is 0.839. The Balaban J connectivity index is 2.27. The summed E-state index contributed by atoms with van der Waals surface area (Å²) in [5.74, 6) is 1.17. The fraction of sp³-hybridized carbons (Fsp3) is 0.375. The van der Waals surface area contributed by atoms with Crippen LogP contribution in [0, 0.1) is 5.92 Å². The Morgan fingerprint density at radius 3 is 2.85 bits per heavy atom. The second kappa shape index (κ2) is 6.37. The lowest BCUT2D eigenvalue weighted by molar-refractivity contribution is 0.432. The number of nitrogens with zero attached hydrogens (tertiary/aromatic N) is 2. The summed E-state index contributed by atoms with van der Waals surface area (Å²) in [4.78, 5) is 16.3. The van der Waals surface area contributed by atoms with Gasteiger partial charge in [0.1, 0.15) is 5.75 Å². The normalized spacial score (nSPS) is 10.8. The highest BCUT2D eigenvalue weighted by Gasteiger charge is 2.08. The van der Waals surface area contributed by atoms with Crippen LogP contribution >= 0.6 is 0 Å². The van der Waals surface area contributed by atoms with Crippen molar-refractivity contribution in [2.75, 3.05) is 0 Å². The summed E-state index contributed by atoms with van der Waals surface area (Å²) in [6, 6.07) is 7.72. The third-order valence-electron chi connectivity index (χ3n) is 2.97. The Morgan fingerprint density at radius 2 is 2.15 bits per heavy atom. The van der Waals surface area contributed by atoms with Crippen molar-refractivity contribution in [3.63, 3.8) is 0 Å². The first-order valence-corrected chi connectivity index (χ1v) is 6.92. The minimum atomic E-state index is -0.192. The topological polar surface area (TPSA) is 44.1 Å². The van der Waals surface area contributed by atoms with E-state index in [1.807, 2.05) is 24.3 Å². The van der Waals surface area contributed by atoms with Crippen molar-refractivity contribution in [1.29, 1.82) is 0 Å². The standard InChI is InChI=1S/C16H20N2O2/c1-4-13-6-5-7-14(10-13)20-15-16(19)18(9-8-17-15)11-12(2)3/h5-10,12H,4,11H2,1-3H3. The maximum absolute atomic E-state index is 12.2. The van der Waals surface area contributed by atoms with E-state index >= 15 is 0 Å². The Hall–Kier alpha value is -2.10. The number of aromatic nitrogens is 2. The first-order valence-electron chi connectivity index (χ1n) is 6.92. The Bertz CT molecular complexity index is 632. The van der Waals surface area contributed by atoms with Gasteiger partial charge in [-0.3, -0.25) is 4.79 Å². The average molecular weight is 272 g/mol. The maximum atomic E-state index is 12.2. The monoisotopic (exact) mass is 272 g/mol. The fourth-order valence-corrected chi connectivity index (χ4v) is 1.97. The molecule has 2 aromatic rings. The van der Waals surface area contributed by atoms with E-state index in [4.69, 9.17) is 4.74 Å². The first kappa shape index (κ1) is 14.3. The number of hydrogen-bond acceptors (Lipinski definition) is 3. The van der Waals surface area contributed by atoms with Gasteiger partial charge in [0, 0.05) is 18.9 Å². The van der Waals surface area contributed by atoms with Crippen molar-refractivity contribution >= 4 is 0 Å². The van der Waals surface area contributed by atoms with Crippen molar-refractivity contribution in [3.05, 3.63) is 52.6 Å². The number of aryl methyl sites for hydroxylation is 1. The summed E-state index contributed by atoms with van der Waals surface area (Å²) in [5, 5.41) is 0. The van der Waals surface area contributed by atoms with Gasteiger partial charge in [-0.2, -0.15) is 0 Å². The molecule has 20 heavy (non-hydrogen) atoms. The molecule has 0 spiro atoms. The molecule has 1 heterocycles. The Labute approximate surface area is 119 Å². The molecule has 0 radical (unpaired) electrons. The van der Waals surface area contributed by atoms with Crippen LogP contribution in [0.2, 0.25) is 0 Å². The SMILES string of the molecule is CCc1cccc(Oc2nccn(CC(C)C)c2=O)c1. The molecule has 0 fully saturated rings. The van der Waals surface area contributed by atoms with E-state index in [9.17, 15) is 4.79 Å². The third kappa shape index (κ3) is 3.47. The molecular formula is C16H20N2O2. The van der Waals surface area contributed by atoms with Gasteiger partial charge in [-0.1, -0.05) is 32.9 Å². The molecule has 2 rings (SSSR count). The van der Waals surface area contributed by atoms with E-state index in [0.29, 0.717) is 18.2 Å². The van der Waals surface area contributed by atoms with Crippen LogP contribution in [-0.2, 0) is 13.0 Å². The summed E-state index contributed by atoms with van der Waals surface area (Å²) in [7, 11) is 0. The fourth-order valence-electron chi connectivity index (χ4n) is 1.97. The summed E-state index contributed by atoms with van der Waals surface area (Å²) in [6.45, 7) is 6.87. The lowest BCUT2D eigenvalue weighted by atomic mass is 10.2. The smallest absolute Gasteiger partial charge is 0.313 e. The van der Waals surface area contributed by atoms with Crippen LogP contribution in [0.15, 0.2) is 41.5 Å². The molecule has 0 atom stereocenters. The molecule has 0 unspecified atom stereocenters. The molecular weight excluding hydrogens is 252 g/mol. The molecule has 0 N–H and O–H groups in total. The van der Waals surface area contributed by atoms with Crippen molar-refractivity contribution in [3.8, 4) is 11.6 Å². The van der Waals surface area contributed by atoms with Crippen molar-refractivity contribution in [2.24, 2.45) is 5.92 Å². The van der Waals surface area contributed by atoms with Crippen LogP contribution in [0.4, 0.5) is 0 Å². The largest absolute Gasteiger partial charge is 0.435 e. The van der Waals surface area contributed by atoms with Gasteiger partial charge in [0.15, 0.2) is 0 Å². The Kier molecular flexibility index (Phi) is 4.56. The molecule has 0 aliphatic carbocycles. The van der Waals surface area contributed by atoms with Crippen molar-refractivity contribution < 1.29 is 4.74 Å². The van der Waals surface area contributed by atoms with Gasteiger partial charge in [-0.15, -0.1) is 0 Å². The summed E-state index contributed by atoms with van der Waals surface area (Å²) >= 11 is 0. The molecule has 0 aliphatic rings. The molecule has 4 heteroatoms. The first-order chi connectivity index (χ1) is 9.60. The van der Waals surface area contributed by atoms with Crippen LogP contribution in [-0.4, -0.2) is 9.55 Å². The average Bonchev–Trinajstić information content (AvgIpc) is 2.43. The summed E-state index contributed by atoms with van der Waals surface area (Å²) in [6.07, 6.45) is 4.22. The van der Waals surface area contributed by atoms with E-state index in [1.165, 1.54) is 5.56 Å². The number of benzene rings is 1. The van der Waals surface area contributed by atoms with Crippen LogP contribution in [0.5, 0.6) is 11.6 Å². The lowest BCUT2D eigenvalue weighted by Gasteiger charge is -2.10. The van der Waals surface area contributed by atoms with Crippen molar-refractivity contribution in [2.45, 2.75) is 33.7 Å².